The number of nitrogens with zero attached hydrogens (tertiary/aromatic N) is 3. The van der Waals surface area contributed by atoms with Crippen molar-refractivity contribution in [2.45, 2.75) is 13.3 Å². The fourth-order valence-corrected chi connectivity index (χ4v) is 8.38. The highest BCUT2D eigenvalue weighted by Gasteiger charge is 2.20. The minimum atomic E-state index is 0.532. The number of aromatic nitrogens is 3. The van der Waals surface area contributed by atoms with Crippen molar-refractivity contribution in [3.8, 4) is 45.3 Å². The van der Waals surface area contributed by atoms with Crippen molar-refractivity contribution in [3.05, 3.63) is 169 Å². The summed E-state index contributed by atoms with van der Waals surface area (Å²) in [7, 11) is 0. The van der Waals surface area contributed by atoms with Crippen LogP contribution < -0.4 is 0 Å². The van der Waals surface area contributed by atoms with Gasteiger partial charge in [0.2, 0.25) is 0 Å². The van der Waals surface area contributed by atoms with E-state index < -0.39 is 0 Å². The Labute approximate surface area is 312 Å². The van der Waals surface area contributed by atoms with Crippen molar-refractivity contribution < 1.29 is 4.42 Å². The summed E-state index contributed by atoms with van der Waals surface area (Å²) >= 11 is 0. The van der Waals surface area contributed by atoms with E-state index in [2.05, 4.69) is 140 Å². The molecule has 1 aliphatic rings. The second-order valence-corrected chi connectivity index (χ2v) is 14.5. The SMILES string of the molecule is CC1C=Cc2cc(-c3nc(-c4ccccc4)nc(-c4cccc5oc6ccc(-c7ccc8c9ccccc9c9ccccc9c8c7)cc6c45)n3)ccc2C1. The van der Waals surface area contributed by atoms with Crippen LogP contribution >= 0.6 is 0 Å². The number of fused-ring (bicyclic) bond motifs is 10. The minimum Gasteiger partial charge on any atom is -0.456 e. The Morgan fingerprint density at radius 2 is 1.07 bits per heavy atom. The molecule has 11 rings (SSSR count). The van der Waals surface area contributed by atoms with E-state index in [9.17, 15) is 0 Å². The predicted octanol–water partition coefficient (Wildman–Crippen LogP) is 13.1. The van der Waals surface area contributed by atoms with Crippen molar-refractivity contribution in [3.63, 3.8) is 0 Å². The molecule has 1 atom stereocenters. The zero-order valence-electron chi connectivity index (χ0n) is 29.6. The molecule has 1 unspecified atom stereocenters. The molecule has 4 nitrogen and oxygen atoms in total. The highest BCUT2D eigenvalue weighted by atomic mass is 16.3. The quantitative estimate of drug-likeness (QED) is 0.172. The first-order valence-corrected chi connectivity index (χ1v) is 18.6. The molecule has 0 saturated heterocycles. The van der Waals surface area contributed by atoms with Gasteiger partial charge in [0.15, 0.2) is 17.5 Å². The smallest absolute Gasteiger partial charge is 0.164 e. The first-order chi connectivity index (χ1) is 26.6. The van der Waals surface area contributed by atoms with Gasteiger partial charge in [-0.1, -0.05) is 140 Å². The first kappa shape index (κ1) is 30.7. The largest absolute Gasteiger partial charge is 0.456 e. The van der Waals surface area contributed by atoms with Gasteiger partial charge in [0, 0.05) is 27.5 Å². The van der Waals surface area contributed by atoms with E-state index in [1.807, 2.05) is 30.3 Å². The fourth-order valence-electron chi connectivity index (χ4n) is 8.38. The van der Waals surface area contributed by atoms with E-state index >= 15 is 0 Å². The Morgan fingerprint density at radius 3 is 1.83 bits per heavy atom. The molecule has 2 heterocycles. The lowest BCUT2D eigenvalue weighted by molar-refractivity contribution is 0.669. The maximum atomic E-state index is 6.50. The van der Waals surface area contributed by atoms with E-state index in [-0.39, 0.29) is 0 Å². The van der Waals surface area contributed by atoms with Crippen molar-refractivity contribution in [2.24, 2.45) is 5.92 Å². The number of hydrogen-bond donors (Lipinski definition) is 0. The minimum absolute atomic E-state index is 0.532. The van der Waals surface area contributed by atoms with Crippen LogP contribution in [0.2, 0.25) is 0 Å². The standard InChI is InChI=1S/C50H33N3O/c1-30-18-19-33-27-36(21-20-32(33)26-30)49-51-48(31-10-3-2-4-11-31)52-50(53-49)42-16-9-17-46-47(42)44-29-35(23-25-45(44)54-46)34-22-24-41-39-14-6-5-12-37(39)38-13-7-8-15-40(38)43(41)28-34/h2-25,27-30H,26H2,1H3. The topological polar surface area (TPSA) is 51.8 Å². The van der Waals surface area contributed by atoms with Gasteiger partial charge in [0.05, 0.1) is 0 Å². The monoisotopic (exact) mass is 691 g/mol. The lowest BCUT2D eigenvalue weighted by atomic mass is 9.89. The Morgan fingerprint density at radius 1 is 0.463 bits per heavy atom. The molecule has 0 radical (unpaired) electrons. The molecule has 4 heteroatoms. The Balaban J connectivity index is 1.10. The zero-order chi connectivity index (χ0) is 35.8. The van der Waals surface area contributed by atoms with Crippen LogP contribution in [0.4, 0.5) is 0 Å². The zero-order valence-corrected chi connectivity index (χ0v) is 29.6. The molecule has 254 valence electrons. The van der Waals surface area contributed by atoms with Gasteiger partial charge in [-0.2, -0.15) is 0 Å². The van der Waals surface area contributed by atoms with Crippen LogP contribution in [0.5, 0.6) is 0 Å². The van der Waals surface area contributed by atoms with Gasteiger partial charge in [0.25, 0.3) is 0 Å². The maximum Gasteiger partial charge on any atom is 0.164 e. The van der Waals surface area contributed by atoms with Gasteiger partial charge in [-0.3, -0.25) is 0 Å². The summed E-state index contributed by atoms with van der Waals surface area (Å²) in [5.74, 6) is 2.43. The average molecular weight is 692 g/mol. The lowest BCUT2D eigenvalue weighted by Crippen LogP contribution is -2.04. The van der Waals surface area contributed by atoms with Crippen LogP contribution in [0.15, 0.2) is 162 Å². The van der Waals surface area contributed by atoms with E-state index in [0.717, 1.165) is 56.2 Å². The molecule has 0 bridgehead atoms. The van der Waals surface area contributed by atoms with E-state index in [4.69, 9.17) is 19.4 Å². The van der Waals surface area contributed by atoms with E-state index in [1.54, 1.807) is 0 Å². The normalized spacial score (nSPS) is 14.1. The molecule has 1 aliphatic carbocycles. The average Bonchev–Trinajstić information content (AvgIpc) is 3.62. The number of benzene rings is 8. The van der Waals surface area contributed by atoms with Gasteiger partial charge in [-0.05, 0) is 97.2 Å². The van der Waals surface area contributed by atoms with Gasteiger partial charge in [-0.25, -0.2) is 15.0 Å². The third-order valence-corrected chi connectivity index (χ3v) is 11.0. The van der Waals surface area contributed by atoms with Crippen LogP contribution in [0.25, 0.3) is 106 Å². The molecule has 54 heavy (non-hydrogen) atoms. The molecule has 0 N–H and O–H groups in total. The summed E-state index contributed by atoms with van der Waals surface area (Å²) in [6, 6.07) is 53.7. The summed E-state index contributed by atoms with van der Waals surface area (Å²) < 4.78 is 6.50. The van der Waals surface area contributed by atoms with Gasteiger partial charge in [0.1, 0.15) is 11.2 Å². The molecule has 0 aliphatic heterocycles. The Kier molecular flexibility index (Phi) is 6.86. The van der Waals surface area contributed by atoms with Crippen molar-refractivity contribution in [1.82, 2.24) is 15.0 Å². The van der Waals surface area contributed by atoms with Gasteiger partial charge >= 0.3 is 0 Å². The highest BCUT2D eigenvalue weighted by molar-refractivity contribution is 6.25. The van der Waals surface area contributed by atoms with Crippen LogP contribution in [0.3, 0.4) is 0 Å². The third kappa shape index (κ3) is 4.95. The molecule has 0 fully saturated rings. The number of rotatable bonds is 4. The van der Waals surface area contributed by atoms with Gasteiger partial charge in [-0.15, -0.1) is 0 Å². The summed E-state index contributed by atoms with van der Waals surface area (Å²) in [6.45, 7) is 2.26. The fraction of sp³-hybridized carbons (Fsp3) is 0.0600. The first-order valence-electron chi connectivity index (χ1n) is 18.6. The highest BCUT2D eigenvalue weighted by Crippen LogP contribution is 2.41. The molecule has 0 saturated carbocycles. The van der Waals surface area contributed by atoms with Crippen molar-refractivity contribution in [1.29, 1.82) is 0 Å². The van der Waals surface area contributed by atoms with Crippen LogP contribution in [0, 0.1) is 5.92 Å². The van der Waals surface area contributed by atoms with E-state index in [1.165, 1.54) is 43.4 Å². The second kappa shape index (κ2) is 12.1. The lowest BCUT2D eigenvalue weighted by Gasteiger charge is -2.16. The number of allylic oxidation sites excluding steroid dienone is 1. The third-order valence-electron chi connectivity index (χ3n) is 11.0. The molecule has 10 aromatic rings. The number of furan rings is 1. The maximum absolute atomic E-state index is 6.50. The summed E-state index contributed by atoms with van der Waals surface area (Å²) in [5, 5.41) is 9.60. The Bertz CT molecular complexity index is 3120. The van der Waals surface area contributed by atoms with E-state index in [0.29, 0.717) is 23.4 Å². The second-order valence-electron chi connectivity index (χ2n) is 14.5. The van der Waals surface area contributed by atoms with Crippen LogP contribution in [-0.4, -0.2) is 15.0 Å². The van der Waals surface area contributed by atoms with Crippen LogP contribution in [0.1, 0.15) is 18.1 Å². The summed E-state index contributed by atoms with van der Waals surface area (Å²) in [5.41, 5.74) is 9.29. The molecular weight excluding hydrogens is 659 g/mol. The molecule has 0 amide bonds. The predicted molar refractivity (Wildman–Crippen MR) is 223 cm³/mol. The Hall–Kier alpha value is -6.91. The molecular formula is C50H33N3O. The van der Waals surface area contributed by atoms with Crippen molar-refractivity contribution in [2.75, 3.05) is 0 Å². The summed E-state index contributed by atoms with van der Waals surface area (Å²) in [6.07, 6.45) is 5.54. The molecule has 8 aromatic carbocycles. The van der Waals surface area contributed by atoms with Gasteiger partial charge < -0.3 is 4.42 Å². The summed E-state index contributed by atoms with van der Waals surface area (Å²) in [4.78, 5) is 15.3. The molecule has 2 aromatic heterocycles. The van der Waals surface area contributed by atoms with Crippen LogP contribution in [-0.2, 0) is 6.42 Å². The molecule has 0 spiro atoms. The van der Waals surface area contributed by atoms with Crippen molar-refractivity contribution >= 4 is 60.3 Å². The number of hydrogen-bond acceptors (Lipinski definition) is 4.